The Morgan fingerprint density at radius 1 is 1.04 bits per heavy atom. The highest BCUT2D eigenvalue weighted by molar-refractivity contribution is 6.02. The molecule has 1 heterocycles. The maximum atomic E-state index is 12.3. The van der Waals surface area contributed by atoms with Gasteiger partial charge in [-0.25, -0.2) is 9.80 Å². The summed E-state index contributed by atoms with van der Waals surface area (Å²) in [6.07, 6.45) is 0.691. The van der Waals surface area contributed by atoms with Gasteiger partial charge < -0.3 is 9.64 Å². The summed E-state index contributed by atoms with van der Waals surface area (Å²) in [4.78, 5) is 26.7. The second-order valence-corrected chi connectivity index (χ2v) is 6.47. The molecule has 0 unspecified atom stereocenters. The first-order valence-corrected chi connectivity index (χ1v) is 9.57. The fourth-order valence-corrected chi connectivity index (χ4v) is 3.15. The van der Waals surface area contributed by atoms with Crippen LogP contribution in [0.3, 0.4) is 0 Å². The predicted molar refractivity (Wildman–Crippen MR) is 110 cm³/mol. The van der Waals surface area contributed by atoms with E-state index in [4.69, 9.17) is 4.74 Å². The third kappa shape index (κ3) is 4.57. The van der Waals surface area contributed by atoms with E-state index in [1.807, 2.05) is 42.5 Å². The molecule has 1 aliphatic rings. The van der Waals surface area contributed by atoms with Gasteiger partial charge in [-0.2, -0.15) is 5.10 Å². The molecule has 2 aromatic rings. The normalized spacial score (nSPS) is 13.2. The van der Waals surface area contributed by atoms with Crippen molar-refractivity contribution < 1.29 is 14.3 Å². The minimum absolute atomic E-state index is 0.317. The first-order valence-electron chi connectivity index (χ1n) is 9.57. The number of ether oxygens (including phenoxy) is 1. The summed E-state index contributed by atoms with van der Waals surface area (Å²) in [5.41, 5.74) is 3.35. The predicted octanol–water partition coefficient (Wildman–Crippen LogP) is 3.33. The molecule has 146 valence electrons. The van der Waals surface area contributed by atoms with Gasteiger partial charge in [0.25, 0.3) is 5.91 Å². The number of hydrazone groups is 1. The second-order valence-electron chi connectivity index (χ2n) is 6.47. The molecule has 2 aromatic carbocycles. The van der Waals surface area contributed by atoms with Gasteiger partial charge in [-0.3, -0.25) is 4.79 Å². The molecule has 0 aromatic heterocycles. The number of anilines is 1. The van der Waals surface area contributed by atoms with Crippen molar-refractivity contribution in [2.75, 3.05) is 31.1 Å². The van der Waals surface area contributed by atoms with Gasteiger partial charge in [-0.1, -0.05) is 30.3 Å². The molecule has 6 heteroatoms. The Bertz CT molecular complexity index is 843. The Balaban J connectivity index is 1.54. The van der Waals surface area contributed by atoms with E-state index in [0.29, 0.717) is 18.5 Å². The number of carbonyl (C=O) groups is 2. The molecule has 0 aliphatic carbocycles. The zero-order valence-corrected chi connectivity index (χ0v) is 16.3. The van der Waals surface area contributed by atoms with Gasteiger partial charge in [0.1, 0.15) is 0 Å². The average molecular weight is 379 g/mol. The van der Waals surface area contributed by atoms with Crippen molar-refractivity contribution in [3.05, 3.63) is 65.7 Å². The number of nitrogens with zero attached hydrogens (tertiary/aromatic N) is 3. The molecular formula is C22H25N3O3. The lowest BCUT2D eigenvalue weighted by molar-refractivity contribution is -0.134. The van der Waals surface area contributed by atoms with Gasteiger partial charge in [0.15, 0.2) is 6.61 Å². The smallest absolute Gasteiger partial charge is 0.338 e. The Hall–Kier alpha value is -3.15. The van der Waals surface area contributed by atoms with Crippen LogP contribution in [0.2, 0.25) is 0 Å². The standard InChI is InChI=1S/C22H25N3O3/c1-3-24(4-2)19-12-10-18(11-13-19)22(27)28-16-21(26)25-15-14-20(23-25)17-8-6-5-7-9-17/h5-13H,3-4,14-16H2,1-2H3. The number of hydrogen-bond acceptors (Lipinski definition) is 5. The van der Waals surface area contributed by atoms with Gasteiger partial charge >= 0.3 is 5.97 Å². The number of esters is 1. The van der Waals surface area contributed by atoms with E-state index in [1.54, 1.807) is 12.1 Å². The van der Waals surface area contributed by atoms with Crippen LogP contribution in [0.5, 0.6) is 0 Å². The lowest BCUT2D eigenvalue weighted by atomic mass is 10.1. The highest BCUT2D eigenvalue weighted by Gasteiger charge is 2.22. The van der Waals surface area contributed by atoms with Crippen molar-refractivity contribution in [2.24, 2.45) is 5.10 Å². The number of rotatable bonds is 7. The van der Waals surface area contributed by atoms with Crippen LogP contribution in [0.4, 0.5) is 5.69 Å². The van der Waals surface area contributed by atoms with Crippen LogP contribution in [0.25, 0.3) is 0 Å². The van der Waals surface area contributed by atoms with Gasteiger partial charge in [-0.15, -0.1) is 0 Å². The number of hydrogen-bond donors (Lipinski definition) is 0. The molecule has 0 bridgehead atoms. The monoisotopic (exact) mass is 379 g/mol. The molecular weight excluding hydrogens is 354 g/mol. The van der Waals surface area contributed by atoms with E-state index in [1.165, 1.54) is 5.01 Å². The fraction of sp³-hybridized carbons (Fsp3) is 0.318. The van der Waals surface area contributed by atoms with E-state index >= 15 is 0 Å². The molecule has 3 rings (SSSR count). The summed E-state index contributed by atoms with van der Waals surface area (Å²) in [7, 11) is 0. The van der Waals surface area contributed by atoms with Gasteiger partial charge in [0.05, 0.1) is 17.8 Å². The molecule has 0 spiro atoms. The Morgan fingerprint density at radius 2 is 1.71 bits per heavy atom. The SMILES string of the molecule is CCN(CC)c1ccc(C(=O)OCC(=O)N2CCC(c3ccccc3)=N2)cc1. The number of benzene rings is 2. The van der Waals surface area contributed by atoms with Crippen LogP contribution in [-0.2, 0) is 9.53 Å². The third-order valence-corrected chi connectivity index (χ3v) is 4.76. The summed E-state index contributed by atoms with van der Waals surface area (Å²) in [5.74, 6) is -0.829. The van der Waals surface area contributed by atoms with Crippen molar-refractivity contribution in [1.82, 2.24) is 5.01 Å². The van der Waals surface area contributed by atoms with Crippen LogP contribution in [0, 0.1) is 0 Å². The summed E-state index contributed by atoms with van der Waals surface area (Å²) in [5, 5.41) is 5.74. The Morgan fingerprint density at radius 3 is 2.36 bits per heavy atom. The van der Waals surface area contributed by atoms with Crippen molar-refractivity contribution in [3.63, 3.8) is 0 Å². The summed E-state index contributed by atoms with van der Waals surface area (Å²) >= 11 is 0. The molecule has 0 saturated heterocycles. The molecule has 1 aliphatic heterocycles. The summed E-state index contributed by atoms with van der Waals surface area (Å²) < 4.78 is 5.18. The minimum Gasteiger partial charge on any atom is -0.452 e. The molecule has 6 nitrogen and oxygen atoms in total. The van der Waals surface area contributed by atoms with Crippen molar-refractivity contribution in [2.45, 2.75) is 20.3 Å². The van der Waals surface area contributed by atoms with E-state index in [-0.39, 0.29) is 12.5 Å². The van der Waals surface area contributed by atoms with Crippen LogP contribution in [-0.4, -0.2) is 48.8 Å². The highest BCUT2D eigenvalue weighted by atomic mass is 16.5. The first kappa shape index (κ1) is 19.6. The maximum Gasteiger partial charge on any atom is 0.338 e. The lowest BCUT2D eigenvalue weighted by Crippen LogP contribution is -2.28. The average Bonchev–Trinajstić information content (AvgIpc) is 3.24. The summed E-state index contributed by atoms with van der Waals surface area (Å²) in [6.45, 7) is 6.15. The molecule has 28 heavy (non-hydrogen) atoms. The topological polar surface area (TPSA) is 62.2 Å². The van der Waals surface area contributed by atoms with Gasteiger partial charge in [-0.05, 0) is 43.7 Å². The van der Waals surface area contributed by atoms with Gasteiger partial charge in [0, 0.05) is 25.2 Å². The molecule has 0 atom stereocenters. The minimum atomic E-state index is -0.508. The molecule has 0 saturated carbocycles. The largest absolute Gasteiger partial charge is 0.452 e. The van der Waals surface area contributed by atoms with Crippen LogP contribution < -0.4 is 4.90 Å². The first-order chi connectivity index (χ1) is 13.6. The second kappa shape index (κ2) is 9.17. The lowest BCUT2D eigenvalue weighted by Gasteiger charge is -2.21. The maximum absolute atomic E-state index is 12.3. The van der Waals surface area contributed by atoms with E-state index in [0.717, 1.165) is 30.1 Å². The number of amides is 1. The van der Waals surface area contributed by atoms with E-state index in [2.05, 4.69) is 23.8 Å². The fourth-order valence-electron chi connectivity index (χ4n) is 3.15. The van der Waals surface area contributed by atoms with Crippen LogP contribution in [0.15, 0.2) is 59.7 Å². The third-order valence-electron chi connectivity index (χ3n) is 4.76. The quantitative estimate of drug-likeness (QED) is 0.693. The highest BCUT2D eigenvalue weighted by Crippen LogP contribution is 2.16. The molecule has 1 amide bonds. The van der Waals surface area contributed by atoms with Crippen molar-refractivity contribution >= 4 is 23.3 Å². The zero-order valence-electron chi connectivity index (χ0n) is 16.3. The Kier molecular flexibility index (Phi) is 6.42. The molecule has 0 radical (unpaired) electrons. The van der Waals surface area contributed by atoms with Crippen LogP contribution >= 0.6 is 0 Å². The summed E-state index contributed by atoms with van der Waals surface area (Å²) in [6, 6.07) is 17.0. The van der Waals surface area contributed by atoms with E-state index < -0.39 is 5.97 Å². The van der Waals surface area contributed by atoms with E-state index in [9.17, 15) is 9.59 Å². The zero-order chi connectivity index (χ0) is 19.9. The Labute approximate surface area is 165 Å². The molecule has 0 N–H and O–H groups in total. The van der Waals surface area contributed by atoms with Crippen LogP contribution in [0.1, 0.15) is 36.2 Å². The van der Waals surface area contributed by atoms with Crippen molar-refractivity contribution in [3.8, 4) is 0 Å². The number of carbonyl (C=O) groups excluding carboxylic acids is 2. The molecule has 0 fully saturated rings. The van der Waals surface area contributed by atoms with Crippen molar-refractivity contribution in [1.29, 1.82) is 0 Å². The van der Waals surface area contributed by atoms with Gasteiger partial charge in [0.2, 0.25) is 0 Å².